The first kappa shape index (κ1) is 12.4. The van der Waals surface area contributed by atoms with E-state index in [-0.39, 0.29) is 0 Å². The minimum absolute atomic E-state index is 0.821. The summed E-state index contributed by atoms with van der Waals surface area (Å²) in [6.45, 7) is 6.63. The zero-order valence-electron chi connectivity index (χ0n) is 11.1. The predicted octanol–water partition coefficient (Wildman–Crippen LogP) is 3.34. The molecule has 1 aromatic rings. The first-order valence-electron chi connectivity index (χ1n) is 6.79. The lowest BCUT2D eigenvalue weighted by atomic mass is 10.1. The Morgan fingerprint density at radius 2 is 2.12 bits per heavy atom. The maximum atomic E-state index is 6.06. The predicted molar refractivity (Wildman–Crippen MR) is 73.9 cm³/mol. The molecule has 0 saturated heterocycles. The van der Waals surface area contributed by atoms with Crippen molar-refractivity contribution in [3.05, 3.63) is 29.3 Å². The molecule has 0 unspecified atom stereocenters. The quantitative estimate of drug-likeness (QED) is 0.762. The van der Waals surface area contributed by atoms with Gasteiger partial charge in [0.15, 0.2) is 0 Å². The fourth-order valence-electron chi connectivity index (χ4n) is 2.28. The Labute approximate surface area is 105 Å². The third-order valence-electron chi connectivity index (χ3n) is 3.53. The van der Waals surface area contributed by atoms with Crippen molar-refractivity contribution in [1.82, 2.24) is 4.90 Å². The Morgan fingerprint density at radius 3 is 2.76 bits per heavy atom. The largest absolute Gasteiger partial charge is 0.398 e. The highest BCUT2D eigenvalue weighted by atomic mass is 15.2. The van der Waals surface area contributed by atoms with Crippen molar-refractivity contribution < 1.29 is 0 Å². The molecule has 2 rings (SSSR count). The monoisotopic (exact) mass is 232 g/mol. The van der Waals surface area contributed by atoms with E-state index in [0.717, 1.165) is 18.3 Å². The number of anilines is 1. The zero-order chi connectivity index (χ0) is 12.3. The third-order valence-corrected chi connectivity index (χ3v) is 3.53. The van der Waals surface area contributed by atoms with E-state index in [1.807, 2.05) is 6.07 Å². The van der Waals surface area contributed by atoms with Gasteiger partial charge in [0.05, 0.1) is 0 Å². The van der Waals surface area contributed by atoms with Crippen LogP contribution in [0.15, 0.2) is 18.2 Å². The average molecular weight is 232 g/mol. The van der Waals surface area contributed by atoms with Crippen LogP contribution < -0.4 is 5.73 Å². The summed E-state index contributed by atoms with van der Waals surface area (Å²) in [5.41, 5.74) is 9.61. The highest BCUT2D eigenvalue weighted by molar-refractivity contribution is 5.48. The van der Waals surface area contributed by atoms with Gasteiger partial charge < -0.3 is 5.73 Å². The van der Waals surface area contributed by atoms with Crippen molar-refractivity contribution >= 4 is 5.69 Å². The summed E-state index contributed by atoms with van der Waals surface area (Å²) >= 11 is 0. The van der Waals surface area contributed by atoms with Crippen molar-refractivity contribution in [2.45, 2.75) is 52.1 Å². The summed E-state index contributed by atoms with van der Waals surface area (Å²) in [4.78, 5) is 2.61. The van der Waals surface area contributed by atoms with Gasteiger partial charge in [-0.05, 0) is 44.4 Å². The van der Waals surface area contributed by atoms with Crippen LogP contribution in [0.1, 0.15) is 43.7 Å². The third kappa shape index (κ3) is 3.47. The molecule has 0 atom stereocenters. The van der Waals surface area contributed by atoms with E-state index in [9.17, 15) is 0 Å². The first-order valence-corrected chi connectivity index (χ1v) is 6.79. The molecule has 1 aliphatic carbocycles. The first-order chi connectivity index (χ1) is 8.20. The number of nitrogens with two attached hydrogens (primary N) is 1. The van der Waals surface area contributed by atoms with Crippen LogP contribution in [0.2, 0.25) is 0 Å². The van der Waals surface area contributed by atoms with E-state index >= 15 is 0 Å². The van der Waals surface area contributed by atoms with Gasteiger partial charge in [0.25, 0.3) is 0 Å². The average Bonchev–Trinajstić information content (AvgIpc) is 3.13. The fraction of sp³-hybridized carbons (Fsp3) is 0.600. The van der Waals surface area contributed by atoms with Gasteiger partial charge in [-0.2, -0.15) is 0 Å². The van der Waals surface area contributed by atoms with Crippen molar-refractivity contribution in [3.63, 3.8) is 0 Å². The number of hydrogen-bond donors (Lipinski definition) is 1. The number of aryl methyl sites for hydroxylation is 1. The molecule has 0 amide bonds. The Bertz CT molecular complexity index is 369. The van der Waals surface area contributed by atoms with E-state index in [1.165, 1.54) is 43.4 Å². The molecule has 0 spiro atoms. The molecular weight excluding hydrogens is 208 g/mol. The smallest absolute Gasteiger partial charge is 0.0359 e. The molecule has 1 aromatic carbocycles. The van der Waals surface area contributed by atoms with Crippen LogP contribution in [0, 0.1) is 6.92 Å². The van der Waals surface area contributed by atoms with Crippen LogP contribution in [0.25, 0.3) is 0 Å². The second-order valence-electron chi connectivity index (χ2n) is 5.26. The Kier molecular flexibility index (Phi) is 4.06. The minimum atomic E-state index is 0.821. The zero-order valence-corrected chi connectivity index (χ0v) is 11.1. The highest BCUT2D eigenvalue weighted by Gasteiger charge is 2.28. The summed E-state index contributed by atoms with van der Waals surface area (Å²) in [6, 6.07) is 7.18. The topological polar surface area (TPSA) is 29.3 Å². The lowest BCUT2D eigenvalue weighted by Crippen LogP contribution is -2.27. The van der Waals surface area contributed by atoms with Gasteiger partial charge >= 0.3 is 0 Å². The van der Waals surface area contributed by atoms with Crippen LogP contribution in [-0.2, 0) is 6.54 Å². The van der Waals surface area contributed by atoms with Crippen LogP contribution in [0.3, 0.4) is 0 Å². The molecule has 94 valence electrons. The van der Waals surface area contributed by atoms with Crippen LogP contribution in [-0.4, -0.2) is 17.5 Å². The van der Waals surface area contributed by atoms with E-state index < -0.39 is 0 Å². The standard InChI is InChI=1S/C15H24N2/c1-3-4-9-17(14-6-7-14)11-13-10-12(2)5-8-15(13)16/h5,8,10,14H,3-4,6-7,9,11,16H2,1-2H3. The number of hydrogen-bond acceptors (Lipinski definition) is 2. The van der Waals surface area contributed by atoms with Crippen molar-refractivity contribution in [1.29, 1.82) is 0 Å². The van der Waals surface area contributed by atoms with Crippen molar-refractivity contribution in [2.24, 2.45) is 0 Å². The minimum Gasteiger partial charge on any atom is -0.398 e. The fourth-order valence-corrected chi connectivity index (χ4v) is 2.28. The van der Waals surface area contributed by atoms with Crippen LogP contribution >= 0.6 is 0 Å². The molecule has 0 aliphatic heterocycles. The van der Waals surface area contributed by atoms with Gasteiger partial charge in [0.2, 0.25) is 0 Å². The van der Waals surface area contributed by atoms with Crippen molar-refractivity contribution in [3.8, 4) is 0 Å². The van der Waals surface area contributed by atoms with E-state index in [1.54, 1.807) is 0 Å². The molecule has 2 N–H and O–H groups in total. The Hall–Kier alpha value is -1.02. The van der Waals surface area contributed by atoms with Gasteiger partial charge in [-0.25, -0.2) is 0 Å². The van der Waals surface area contributed by atoms with Gasteiger partial charge in [-0.1, -0.05) is 31.0 Å². The number of rotatable bonds is 6. The molecule has 0 radical (unpaired) electrons. The molecule has 1 fully saturated rings. The summed E-state index contributed by atoms with van der Waals surface area (Å²) < 4.78 is 0. The molecule has 1 saturated carbocycles. The lowest BCUT2D eigenvalue weighted by Gasteiger charge is -2.22. The molecule has 1 aliphatic rings. The maximum absolute atomic E-state index is 6.06. The Balaban J connectivity index is 2.03. The highest BCUT2D eigenvalue weighted by Crippen LogP contribution is 2.29. The van der Waals surface area contributed by atoms with Crippen LogP contribution in [0.5, 0.6) is 0 Å². The number of benzene rings is 1. The summed E-state index contributed by atoms with van der Waals surface area (Å²) in [7, 11) is 0. The van der Waals surface area contributed by atoms with Crippen LogP contribution in [0.4, 0.5) is 5.69 Å². The summed E-state index contributed by atoms with van der Waals surface area (Å²) in [5, 5.41) is 0. The normalized spacial score (nSPS) is 15.5. The number of unbranched alkanes of at least 4 members (excludes halogenated alkanes) is 1. The van der Waals surface area contributed by atoms with Crippen molar-refractivity contribution in [2.75, 3.05) is 12.3 Å². The van der Waals surface area contributed by atoms with E-state index in [2.05, 4.69) is 30.9 Å². The SMILES string of the molecule is CCCCN(Cc1cc(C)ccc1N)C1CC1. The maximum Gasteiger partial charge on any atom is 0.0359 e. The lowest BCUT2D eigenvalue weighted by molar-refractivity contribution is 0.251. The summed E-state index contributed by atoms with van der Waals surface area (Å²) in [6.07, 6.45) is 5.31. The van der Waals surface area contributed by atoms with Gasteiger partial charge in [0, 0.05) is 18.3 Å². The van der Waals surface area contributed by atoms with Gasteiger partial charge in [-0.3, -0.25) is 4.90 Å². The molecule has 2 heteroatoms. The second kappa shape index (κ2) is 5.54. The number of nitrogen functional groups attached to an aromatic ring is 1. The molecule has 2 nitrogen and oxygen atoms in total. The molecular formula is C15H24N2. The number of nitrogens with zero attached hydrogens (tertiary/aromatic N) is 1. The van der Waals surface area contributed by atoms with E-state index in [0.29, 0.717) is 0 Å². The molecule has 0 bridgehead atoms. The van der Waals surface area contributed by atoms with Gasteiger partial charge in [-0.15, -0.1) is 0 Å². The van der Waals surface area contributed by atoms with Gasteiger partial charge in [0.1, 0.15) is 0 Å². The second-order valence-corrected chi connectivity index (χ2v) is 5.26. The molecule has 0 heterocycles. The summed E-state index contributed by atoms with van der Waals surface area (Å²) in [5.74, 6) is 0. The van der Waals surface area contributed by atoms with E-state index in [4.69, 9.17) is 5.73 Å². The molecule has 0 aromatic heterocycles. The molecule has 17 heavy (non-hydrogen) atoms. The Morgan fingerprint density at radius 1 is 1.35 bits per heavy atom.